The van der Waals surface area contributed by atoms with Crippen molar-refractivity contribution in [2.24, 2.45) is 5.92 Å². The maximum absolute atomic E-state index is 12.1. The molecule has 0 spiro atoms. The summed E-state index contributed by atoms with van der Waals surface area (Å²) >= 11 is 5.72. The standard InChI is InChI=1S/C13H16ClNO4S/c14-12-5-4-10(8-11(12)13(16)17)20(18,19)15-7-6-9-2-1-3-9/h4-5,8-9,15H,1-3,6-7H2,(H,16,17). The van der Waals surface area contributed by atoms with Crippen molar-refractivity contribution in [3.63, 3.8) is 0 Å². The maximum Gasteiger partial charge on any atom is 0.337 e. The molecule has 1 aromatic rings. The van der Waals surface area contributed by atoms with E-state index >= 15 is 0 Å². The molecule has 5 nitrogen and oxygen atoms in total. The summed E-state index contributed by atoms with van der Waals surface area (Å²) in [7, 11) is -3.68. The van der Waals surface area contributed by atoms with Gasteiger partial charge in [0.1, 0.15) is 0 Å². The van der Waals surface area contributed by atoms with Crippen LogP contribution in [-0.4, -0.2) is 26.0 Å². The van der Waals surface area contributed by atoms with Crippen LogP contribution in [0.25, 0.3) is 0 Å². The normalized spacial score (nSPS) is 15.8. The van der Waals surface area contributed by atoms with Crippen LogP contribution in [0.1, 0.15) is 36.0 Å². The van der Waals surface area contributed by atoms with E-state index in [9.17, 15) is 13.2 Å². The fourth-order valence-electron chi connectivity index (χ4n) is 2.10. The van der Waals surface area contributed by atoms with Gasteiger partial charge in [0.15, 0.2) is 0 Å². The van der Waals surface area contributed by atoms with Crippen molar-refractivity contribution >= 4 is 27.6 Å². The van der Waals surface area contributed by atoms with Crippen LogP contribution < -0.4 is 4.72 Å². The summed E-state index contributed by atoms with van der Waals surface area (Å²) in [5, 5.41) is 8.96. The molecule has 0 atom stereocenters. The van der Waals surface area contributed by atoms with Crippen LogP contribution in [0.5, 0.6) is 0 Å². The van der Waals surface area contributed by atoms with Crippen LogP contribution >= 0.6 is 11.6 Å². The van der Waals surface area contributed by atoms with Gasteiger partial charge in [-0.15, -0.1) is 0 Å². The zero-order valence-corrected chi connectivity index (χ0v) is 12.4. The highest BCUT2D eigenvalue weighted by atomic mass is 35.5. The molecular weight excluding hydrogens is 302 g/mol. The van der Waals surface area contributed by atoms with E-state index in [0.717, 1.165) is 25.3 Å². The second-order valence-electron chi connectivity index (χ2n) is 4.93. The Balaban J connectivity index is 2.08. The van der Waals surface area contributed by atoms with E-state index in [2.05, 4.69) is 4.72 Å². The van der Waals surface area contributed by atoms with Crippen molar-refractivity contribution in [3.05, 3.63) is 28.8 Å². The summed E-state index contributed by atoms with van der Waals surface area (Å²) in [6.45, 7) is 0.373. The number of carboxylic acids is 1. The van der Waals surface area contributed by atoms with E-state index in [0.29, 0.717) is 12.5 Å². The first kappa shape index (κ1) is 15.3. The molecule has 2 rings (SSSR count). The van der Waals surface area contributed by atoms with Gasteiger partial charge in [-0.1, -0.05) is 30.9 Å². The second kappa shape index (κ2) is 6.11. The molecule has 1 saturated carbocycles. The summed E-state index contributed by atoms with van der Waals surface area (Å²) < 4.78 is 26.6. The Morgan fingerprint density at radius 2 is 2.10 bits per heavy atom. The van der Waals surface area contributed by atoms with Gasteiger partial charge in [0.2, 0.25) is 10.0 Å². The van der Waals surface area contributed by atoms with Gasteiger partial charge < -0.3 is 5.11 Å². The lowest BCUT2D eigenvalue weighted by Gasteiger charge is -2.25. The smallest absolute Gasteiger partial charge is 0.337 e. The largest absolute Gasteiger partial charge is 0.478 e. The number of carboxylic acid groups (broad SMARTS) is 1. The third kappa shape index (κ3) is 3.50. The van der Waals surface area contributed by atoms with E-state index in [1.54, 1.807) is 0 Å². The van der Waals surface area contributed by atoms with E-state index in [1.807, 2.05) is 0 Å². The lowest BCUT2D eigenvalue weighted by atomic mass is 9.83. The van der Waals surface area contributed by atoms with Crippen molar-refractivity contribution < 1.29 is 18.3 Å². The molecule has 2 N–H and O–H groups in total. The average Bonchev–Trinajstić information content (AvgIpc) is 2.32. The molecule has 1 aromatic carbocycles. The number of sulfonamides is 1. The third-order valence-electron chi connectivity index (χ3n) is 3.55. The van der Waals surface area contributed by atoms with Gasteiger partial charge in [-0.3, -0.25) is 0 Å². The lowest BCUT2D eigenvalue weighted by Crippen LogP contribution is -2.27. The third-order valence-corrected chi connectivity index (χ3v) is 5.34. The van der Waals surface area contributed by atoms with Crippen molar-refractivity contribution in [1.29, 1.82) is 0 Å². The zero-order chi connectivity index (χ0) is 14.8. The number of nitrogens with one attached hydrogen (secondary N) is 1. The van der Waals surface area contributed by atoms with Crippen molar-refractivity contribution in [3.8, 4) is 0 Å². The Morgan fingerprint density at radius 1 is 1.40 bits per heavy atom. The summed E-state index contributed by atoms with van der Waals surface area (Å²) in [4.78, 5) is 10.9. The molecule has 1 fully saturated rings. The number of carbonyl (C=O) groups is 1. The Bertz CT molecular complexity index is 611. The van der Waals surface area contributed by atoms with Gasteiger partial charge in [-0.05, 0) is 30.5 Å². The number of hydrogen-bond donors (Lipinski definition) is 2. The Labute approximate surface area is 123 Å². The molecule has 0 unspecified atom stereocenters. The van der Waals surface area contributed by atoms with Crippen LogP contribution in [0.4, 0.5) is 0 Å². The van der Waals surface area contributed by atoms with E-state index in [-0.39, 0.29) is 15.5 Å². The topological polar surface area (TPSA) is 83.5 Å². The Kier molecular flexibility index (Phi) is 4.67. The van der Waals surface area contributed by atoms with E-state index < -0.39 is 16.0 Å². The highest BCUT2D eigenvalue weighted by Crippen LogP contribution is 2.29. The molecule has 0 radical (unpaired) electrons. The quantitative estimate of drug-likeness (QED) is 0.844. The van der Waals surface area contributed by atoms with Crippen LogP contribution in [0.2, 0.25) is 5.02 Å². The van der Waals surface area contributed by atoms with Gasteiger partial charge >= 0.3 is 5.97 Å². The number of rotatable bonds is 6. The fraction of sp³-hybridized carbons (Fsp3) is 0.462. The molecule has 0 bridgehead atoms. The lowest BCUT2D eigenvalue weighted by molar-refractivity contribution is 0.0697. The number of hydrogen-bond acceptors (Lipinski definition) is 3. The van der Waals surface area contributed by atoms with Crippen LogP contribution in [0.15, 0.2) is 23.1 Å². The molecule has 0 aromatic heterocycles. The van der Waals surface area contributed by atoms with Crippen LogP contribution in [0, 0.1) is 5.92 Å². The monoisotopic (exact) mass is 317 g/mol. The first-order chi connectivity index (χ1) is 9.40. The van der Waals surface area contributed by atoms with Crippen LogP contribution in [0.3, 0.4) is 0 Å². The van der Waals surface area contributed by atoms with Gasteiger partial charge in [0.05, 0.1) is 15.5 Å². The van der Waals surface area contributed by atoms with Gasteiger partial charge in [0, 0.05) is 6.54 Å². The summed E-state index contributed by atoms with van der Waals surface area (Å²) in [5.74, 6) is -0.640. The zero-order valence-electron chi connectivity index (χ0n) is 10.8. The van der Waals surface area contributed by atoms with E-state index in [4.69, 9.17) is 16.7 Å². The molecule has 0 heterocycles. The Morgan fingerprint density at radius 3 is 2.65 bits per heavy atom. The summed E-state index contributed by atoms with van der Waals surface area (Å²) in [6, 6.07) is 3.67. The highest BCUT2D eigenvalue weighted by Gasteiger charge is 2.20. The van der Waals surface area contributed by atoms with Gasteiger partial charge in [-0.2, -0.15) is 0 Å². The minimum Gasteiger partial charge on any atom is -0.478 e. The molecule has 20 heavy (non-hydrogen) atoms. The fourth-order valence-corrected chi connectivity index (χ4v) is 3.37. The summed E-state index contributed by atoms with van der Waals surface area (Å²) in [6.07, 6.45) is 4.35. The molecule has 1 aliphatic rings. The molecule has 7 heteroatoms. The number of halogens is 1. The van der Waals surface area contributed by atoms with Crippen molar-refractivity contribution in [2.45, 2.75) is 30.6 Å². The predicted molar refractivity (Wildman–Crippen MR) is 75.6 cm³/mol. The predicted octanol–water partition coefficient (Wildman–Crippen LogP) is 2.51. The minimum absolute atomic E-state index is 0.0194. The Hall–Kier alpha value is -1.11. The van der Waals surface area contributed by atoms with Gasteiger partial charge in [0.25, 0.3) is 0 Å². The number of aromatic carboxylic acids is 1. The first-order valence-corrected chi connectivity index (χ1v) is 8.29. The average molecular weight is 318 g/mol. The van der Waals surface area contributed by atoms with Crippen LogP contribution in [-0.2, 0) is 10.0 Å². The minimum atomic E-state index is -3.68. The molecule has 0 amide bonds. The molecule has 0 saturated heterocycles. The summed E-state index contributed by atoms with van der Waals surface area (Å²) in [5.41, 5.74) is -0.214. The molecule has 1 aliphatic carbocycles. The second-order valence-corrected chi connectivity index (χ2v) is 7.10. The molecule has 110 valence electrons. The van der Waals surface area contributed by atoms with Crippen molar-refractivity contribution in [2.75, 3.05) is 6.54 Å². The molecular formula is C13H16ClNO4S. The van der Waals surface area contributed by atoms with Crippen molar-refractivity contribution in [1.82, 2.24) is 4.72 Å². The SMILES string of the molecule is O=C(O)c1cc(S(=O)(=O)NCCC2CCC2)ccc1Cl. The van der Waals surface area contributed by atoms with E-state index in [1.165, 1.54) is 18.6 Å². The first-order valence-electron chi connectivity index (χ1n) is 6.42. The van der Waals surface area contributed by atoms with Gasteiger partial charge in [-0.25, -0.2) is 17.9 Å². The highest BCUT2D eigenvalue weighted by molar-refractivity contribution is 7.89. The number of benzene rings is 1. The maximum atomic E-state index is 12.1. The molecule has 0 aliphatic heterocycles.